The number of hydrogen-bond donors (Lipinski definition) is 1. The monoisotopic (exact) mass is 237 g/mol. The number of hydrogen-bond acceptors (Lipinski definition) is 3. The first-order valence-corrected chi connectivity index (χ1v) is 6.44. The average Bonchev–Trinajstić information content (AvgIpc) is 2.65. The van der Waals surface area contributed by atoms with Crippen LogP contribution in [-0.2, 0) is 9.59 Å². The Hall–Kier alpha value is -0.900. The fourth-order valence-corrected chi connectivity index (χ4v) is 3.90. The van der Waals surface area contributed by atoms with Crippen molar-refractivity contribution in [2.75, 3.05) is 6.61 Å². The maximum atomic E-state index is 12.3. The summed E-state index contributed by atoms with van der Waals surface area (Å²) in [5.41, 5.74) is -0.725. The molecule has 0 aromatic carbocycles. The molecule has 0 radical (unpaired) electrons. The van der Waals surface area contributed by atoms with Crippen LogP contribution < -0.4 is 0 Å². The molecule has 94 valence electrons. The fourth-order valence-electron chi connectivity index (χ4n) is 3.90. The summed E-state index contributed by atoms with van der Waals surface area (Å²) >= 11 is 0. The number of fused-ring (bicyclic) bond motifs is 1. The van der Waals surface area contributed by atoms with Gasteiger partial charge in [-0.05, 0) is 18.3 Å². The summed E-state index contributed by atoms with van der Waals surface area (Å²) in [5, 5.41) is 9.60. The molecule has 3 rings (SSSR count). The number of aliphatic hydroxyl groups excluding tert-OH is 1. The third-order valence-corrected chi connectivity index (χ3v) is 5.10. The van der Waals surface area contributed by atoms with Gasteiger partial charge in [0.15, 0.2) is 0 Å². The van der Waals surface area contributed by atoms with Crippen molar-refractivity contribution in [2.45, 2.75) is 45.1 Å². The van der Waals surface area contributed by atoms with Gasteiger partial charge in [-0.3, -0.25) is 14.5 Å². The Kier molecular flexibility index (Phi) is 2.05. The average molecular weight is 237 g/mol. The van der Waals surface area contributed by atoms with Crippen molar-refractivity contribution in [3.63, 3.8) is 0 Å². The normalized spacial score (nSPS) is 37.5. The van der Waals surface area contributed by atoms with Gasteiger partial charge in [0.1, 0.15) is 0 Å². The smallest absolute Gasteiger partial charge is 0.234 e. The van der Waals surface area contributed by atoms with Crippen LogP contribution in [0.5, 0.6) is 0 Å². The highest BCUT2D eigenvalue weighted by molar-refractivity contribution is 6.11. The molecular formula is C13H19NO3. The molecule has 0 aromatic heterocycles. The largest absolute Gasteiger partial charge is 0.394 e. The number of aliphatic hydroxyl groups is 1. The molecule has 1 saturated heterocycles. The summed E-state index contributed by atoms with van der Waals surface area (Å²) in [6.45, 7) is 3.88. The minimum absolute atomic E-state index is 0.0408. The van der Waals surface area contributed by atoms with Crippen molar-refractivity contribution in [1.82, 2.24) is 4.90 Å². The number of rotatable bonds is 2. The third kappa shape index (κ3) is 1.17. The molecular weight excluding hydrogens is 218 g/mol. The first-order chi connectivity index (χ1) is 7.96. The molecule has 0 spiro atoms. The zero-order chi connectivity index (χ0) is 12.4. The molecule has 2 atom stereocenters. The lowest BCUT2D eigenvalue weighted by molar-refractivity contribution is -0.152. The number of likely N-dealkylation sites (tertiary alicyclic amines) is 1. The minimum Gasteiger partial charge on any atom is -0.394 e. The molecule has 4 nitrogen and oxygen atoms in total. The summed E-state index contributed by atoms with van der Waals surface area (Å²) in [4.78, 5) is 26.1. The van der Waals surface area contributed by atoms with E-state index in [0.29, 0.717) is 0 Å². The van der Waals surface area contributed by atoms with Crippen molar-refractivity contribution in [2.24, 2.45) is 17.3 Å². The van der Waals surface area contributed by atoms with Crippen LogP contribution in [0.4, 0.5) is 0 Å². The van der Waals surface area contributed by atoms with E-state index >= 15 is 0 Å². The fraction of sp³-hybridized carbons (Fsp3) is 0.846. The quantitative estimate of drug-likeness (QED) is 0.727. The van der Waals surface area contributed by atoms with E-state index in [1.54, 1.807) is 0 Å². The van der Waals surface area contributed by atoms with Gasteiger partial charge in [-0.2, -0.15) is 0 Å². The zero-order valence-electron chi connectivity index (χ0n) is 10.4. The van der Waals surface area contributed by atoms with Crippen LogP contribution in [0.3, 0.4) is 0 Å². The number of carbonyl (C=O) groups excluding carboxylic acids is 2. The van der Waals surface area contributed by atoms with Gasteiger partial charge in [-0.25, -0.2) is 0 Å². The Labute approximate surface area is 101 Å². The van der Waals surface area contributed by atoms with Crippen molar-refractivity contribution in [1.29, 1.82) is 0 Å². The maximum absolute atomic E-state index is 12.3. The van der Waals surface area contributed by atoms with E-state index in [2.05, 4.69) is 0 Å². The summed E-state index contributed by atoms with van der Waals surface area (Å²) in [6.07, 6.45) is 3.52. The molecule has 2 saturated carbocycles. The molecule has 4 heteroatoms. The van der Waals surface area contributed by atoms with Gasteiger partial charge in [0.2, 0.25) is 11.8 Å². The highest BCUT2D eigenvalue weighted by Gasteiger charge is 2.74. The van der Waals surface area contributed by atoms with E-state index in [9.17, 15) is 14.7 Å². The van der Waals surface area contributed by atoms with E-state index in [4.69, 9.17) is 0 Å². The second-order valence-electron chi connectivity index (χ2n) is 6.38. The molecule has 2 unspecified atom stereocenters. The second-order valence-corrected chi connectivity index (χ2v) is 6.38. The molecule has 2 amide bonds. The van der Waals surface area contributed by atoms with Gasteiger partial charge in [-0.15, -0.1) is 0 Å². The Morgan fingerprint density at radius 2 is 1.65 bits per heavy atom. The molecule has 1 N–H and O–H groups in total. The lowest BCUT2D eigenvalue weighted by Crippen LogP contribution is -2.54. The van der Waals surface area contributed by atoms with Crippen molar-refractivity contribution >= 4 is 11.8 Å². The van der Waals surface area contributed by atoms with Gasteiger partial charge in [0.25, 0.3) is 0 Å². The van der Waals surface area contributed by atoms with E-state index < -0.39 is 5.54 Å². The zero-order valence-corrected chi connectivity index (χ0v) is 10.4. The van der Waals surface area contributed by atoms with Crippen LogP contribution in [0.25, 0.3) is 0 Å². The van der Waals surface area contributed by atoms with E-state index in [-0.39, 0.29) is 35.7 Å². The van der Waals surface area contributed by atoms with Crippen molar-refractivity contribution < 1.29 is 14.7 Å². The lowest BCUT2D eigenvalue weighted by Gasteiger charge is -2.37. The molecule has 1 heterocycles. The highest BCUT2D eigenvalue weighted by Crippen LogP contribution is 2.64. The molecule has 3 fully saturated rings. The molecule has 3 aliphatic rings. The Morgan fingerprint density at radius 1 is 1.18 bits per heavy atom. The SMILES string of the molecule is CC1(C)C2C(=O)N(C3(CO)CCCC3)C(=O)C21. The second kappa shape index (κ2) is 3.10. The Morgan fingerprint density at radius 3 is 2.06 bits per heavy atom. The number of imide groups is 1. The molecule has 0 aromatic rings. The van der Waals surface area contributed by atoms with Gasteiger partial charge >= 0.3 is 0 Å². The topological polar surface area (TPSA) is 57.6 Å². The van der Waals surface area contributed by atoms with Crippen LogP contribution in [0.1, 0.15) is 39.5 Å². The third-order valence-electron chi connectivity index (χ3n) is 5.10. The van der Waals surface area contributed by atoms with E-state index in [1.165, 1.54) is 4.90 Å². The molecule has 2 aliphatic carbocycles. The molecule has 17 heavy (non-hydrogen) atoms. The minimum atomic E-state index is -0.572. The lowest BCUT2D eigenvalue weighted by atomic mass is 9.94. The summed E-state index contributed by atoms with van der Waals surface area (Å²) in [6, 6.07) is 0. The first-order valence-electron chi connectivity index (χ1n) is 6.44. The van der Waals surface area contributed by atoms with Crippen LogP contribution in [0.2, 0.25) is 0 Å². The van der Waals surface area contributed by atoms with Gasteiger partial charge in [-0.1, -0.05) is 26.7 Å². The van der Waals surface area contributed by atoms with Crippen LogP contribution >= 0.6 is 0 Å². The predicted molar refractivity (Wildman–Crippen MR) is 60.9 cm³/mol. The van der Waals surface area contributed by atoms with Crippen LogP contribution in [0.15, 0.2) is 0 Å². The van der Waals surface area contributed by atoms with Crippen LogP contribution in [0, 0.1) is 17.3 Å². The molecule has 0 bridgehead atoms. The van der Waals surface area contributed by atoms with E-state index in [1.807, 2.05) is 13.8 Å². The molecule has 1 aliphatic heterocycles. The van der Waals surface area contributed by atoms with Gasteiger partial charge < -0.3 is 5.11 Å². The summed E-state index contributed by atoms with van der Waals surface area (Å²) in [5.74, 6) is -0.333. The Bertz CT molecular complexity index is 371. The number of amides is 2. The number of nitrogens with zero attached hydrogens (tertiary/aromatic N) is 1. The van der Waals surface area contributed by atoms with Crippen molar-refractivity contribution in [3.8, 4) is 0 Å². The highest BCUT2D eigenvalue weighted by atomic mass is 16.3. The Balaban J connectivity index is 1.92. The number of carbonyl (C=O) groups is 2. The van der Waals surface area contributed by atoms with Gasteiger partial charge in [0.05, 0.1) is 24.0 Å². The van der Waals surface area contributed by atoms with Gasteiger partial charge in [0, 0.05) is 0 Å². The van der Waals surface area contributed by atoms with Crippen molar-refractivity contribution in [3.05, 3.63) is 0 Å². The van der Waals surface area contributed by atoms with Crippen LogP contribution in [-0.4, -0.2) is 34.0 Å². The summed E-state index contributed by atoms with van der Waals surface area (Å²) in [7, 11) is 0. The predicted octanol–water partition coefficient (Wildman–Crippen LogP) is 0.932. The number of piperidine rings is 1. The standard InChI is InChI=1S/C13H19NO3/c1-12(2)8-9(12)11(17)14(10(8)16)13(7-15)5-3-4-6-13/h8-9,15H,3-7H2,1-2H3. The first kappa shape index (κ1) is 11.2. The summed E-state index contributed by atoms with van der Waals surface area (Å²) < 4.78 is 0. The maximum Gasteiger partial charge on any atom is 0.234 e. The van der Waals surface area contributed by atoms with E-state index in [0.717, 1.165) is 25.7 Å².